The maximum absolute atomic E-state index is 12.1. The number of nitrogens with zero attached hydrogens (tertiary/aromatic N) is 2. The lowest BCUT2D eigenvalue weighted by atomic mass is 9.73. The van der Waals surface area contributed by atoms with Crippen molar-refractivity contribution in [3.05, 3.63) is 42.9 Å². The normalized spacial score (nSPS) is 19.5. The zero-order valence-electron chi connectivity index (χ0n) is 12.2. The number of carbonyl (C=O) groups is 2. The summed E-state index contributed by atoms with van der Waals surface area (Å²) in [7, 11) is 0. The minimum Gasteiger partial charge on any atom is -0.481 e. The molecule has 0 radical (unpaired) electrons. The summed E-state index contributed by atoms with van der Waals surface area (Å²) >= 11 is 0. The van der Waals surface area contributed by atoms with Crippen LogP contribution in [0.1, 0.15) is 12.8 Å². The number of nitrogens with one attached hydrogen (secondary N) is 1. The van der Waals surface area contributed by atoms with E-state index in [0.717, 1.165) is 0 Å². The van der Waals surface area contributed by atoms with E-state index in [0.29, 0.717) is 30.2 Å². The number of carboxylic acid groups (broad SMARTS) is 1. The van der Waals surface area contributed by atoms with Gasteiger partial charge in [0, 0.05) is 24.1 Å². The average molecular weight is 313 g/mol. The number of rotatable bonds is 5. The highest BCUT2D eigenvalue weighted by atomic mass is 16.5. The van der Waals surface area contributed by atoms with E-state index in [1.54, 1.807) is 30.5 Å². The van der Waals surface area contributed by atoms with Crippen LogP contribution in [-0.2, 0) is 9.59 Å². The number of amides is 1. The topological polar surface area (TPSA) is 101 Å². The van der Waals surface area contributed by atoms with E-state index in [1.807, 2.05) is 0 Å². The van der Waals surface area contributed by atoms with Crippen LogP contribution in [0.5, 0.6) is 11.6 Å². The molecule has 23 heavy (non-hydrogen) atoms. The fourth-order valence-corrected chi connectivity index (χ4v) is 2.44. The Balaban J connectivity index is 1.66. The van der Waals surface area contributed by atoms with Crippen molar-refractivity contribution in [1.82, 2.24) is 9.97 Å². The van der Waals surface area contributed by atoms with Gasteiger partial charge in [-0.3, -0.25) is 14.6 Å². The highest BCUT2D eigenvalue weighted by molar-refractivity contribution is 5.96. The molecule has 0 bridgehead atoms. The molecule has 2 atom stereocenters. The predicted molar refractivity (Wildman–Crippen MR) is 81.0 cm³/mol. The quantitative estimate of drug-likeness (QED) is 0.878. The van der Waals surface area contributed by atoms with Gasteiger partial charge in [0.05, 0.1) is 18.0 Å². The minimum atomic E-state index is -0.920. The first-order chi connectivity index (χ1) is 11.1. The highest BCUT2D eigenvalue weighted by Gasteiger charge is 2.41. The first-order valence-corrected chi connectivity index (χ1v) is 7.21. The van der Waals surface area contributed by atoms with Crippen molar-refractivity contribution < 1.29 is 19.4 Å². The van der Waals surface area contributed by atoms with Crippen LogP contribution < -0.4 is 10.1 Å². The summed E-state index contributed by atoms with van der Waals surface area (Å²) in [5.41, 5.74) is 0.549. The standard InChI is InChI=1S/C16H15N3O4/c20-15(12-4-5-13(12)16(21)22)19-10-2-1-3-11(8-10)23-14-9-17-6-7-18-14/h1-3,6-9,12-13H,4-5H2,(H,19,20)(H,21,22). The number of aromatic nitrogens is 2. The van der Waals surface area contributed by atoms with Gasteiger partial charge in [0.2, 0.25) is 11.8 Å². The van der Waals surface area contributed by atoms with Crippen LogP contribution in [0, 0.1) is 11.8 Å². The molecule has 1 aromatic carbocycles. The second-order valence-electron chi connectivity index (χ2n) is 5.29. The van der Waals surface area contributed by atoms with E-state index >= 15 is 0 Å². The summed E-state index contributed by atoms with van der Waals surface area (Å²) in [4.78, 5) is 31.0. The predicted octanol–water partition coefficient (Wildman–Crippen LogP) is 2.32. The van der Waals surface area contributed by atoms with Crippen LogP contribution >= 0.6 is 0 Å². The highest BCUT2D eigenvalue weighted by Crippen LogP contribution is 2.35. The number of carboxylic acids is 1. The molecule has 0 aliphatic heterocycles. The molecule has 3 rings (SSSR count). The van der Waals surface area contributed by atoms with Gasteiger partial charge in [0.15, 0.2) is 0 Å². The smallest absolute Gasteiger partial charge is 0.307 e. The van der Waals surface area contributed by atoms with E-state index in [1.165, 1.54) is 12.4 Å². The molecule has 1 aliphatic carbocycles. The fraction of sp³-hybridized carbons (Fsp3) is 0.250. The Bertz CT molecular complexity index is 720. The van der Waals surface area contributed by atoms with Gasteiger partial charge >= 0.3 is 5.97 Å². The second kappa shape index (κ2) is 6.43. The molecule has 2 unspecified atom stereocenters. The van der Waals surface area contributed by atoms with Crippen molar-refractivity contribution in [3.63, 3.8) is 0 Å². The van der Waals surface area contributed by atoms with Gasteiger partial charge in [-0.15, -0.1) is 0 Å². The molecular weight excluding hydrogens is 298 g/mol. The van der Waals surface area contributed by atoms with E-state index in [9.17, 15) is 9.59 Å². The van der Waals surface area contributed by atoms with E-state index in [4.69, 9.17) is 9.84 Å². The summed E-state index contributed by atoms with van der Waals surface area (Å²) in [5, 5.41) is 11.8. The zero-order chi connectivity index (χ0) is 16.2. The Morgan fingerprint density at radius 3 is 2.70 bits per heavy atom. The molecule has 2 N–H and O–H groups in total. The number of aliphatic carboxylic acids is 1. The molecule has 1 saturated carbocycles. The number of anilines is 1. The third kappa shape index (κ3) is 3.45. The molecular formula is C16H15N3O4. The van der Waals surface area contributed by atoms with Gasteiger partial charge in [-0.25, -0.2) is 4.98 Å². The van der Waals surface area contributed by atoms with Crippen LogP contribution in [-0.4, -0.2) is 27.0 Å². The third-order valence-corrected chi connectivity index (χ3v) is 3.79. The van der Waals surface area contributed by atoms with Crippen molar-refractivity contribution in [2.75, 3.05) is 5.32 Å². The molecule has 118 valence electrons. The lowest BCUT2D eigenvalue weighted by Crippen LogP contribution is -2.41. The maximum atomic E-state index is 12.1. The zero-order valence-corrected chi connectivity index (χ0v) is 12.2. The van der Waals surface area contributed by atoms with Gasteiger partial charge in [0.25, 0.3) is 0 Å². The molecule has 1 aliphatic rings. The van der Waals surface area contributed by atoms with Gasteiger partial charge in [-0.2, -0.15) is 0 Å². The molecule has 1 aromatic heterocycles. The van der Waals surface area contributed by atoms with Crippen LogP contribution in [0.2, 0.25) is 0 Å². The number of carbonyl (C=O) groups excluding carboxylic acids is 1. The lowest BCUT2D eigenvalue weighted by molar-refractivity contribution is -0.151. The Labute approximate surface area is 132 Å². The average Bonchev–Trinajstić information content (AvgIpc) is 2.46. The fourth-order valence-electron chi connectivity index (χ4n) is 2.44. The van der Waals surface area contributed by atoms with E-state index in [2.05, 4.69) is 15.3 Å². The lowest BCUT2D eigenvalue weighted by Gasteiger charge is -2.31. The summed E-state index contributed by atoms with van der Waals surface area (Å²) in [6, 6.07) is 6.83. The molecule has 0 spiro atoms. The Morgan fingerprint density at radius 1 is 1.22 bits per heavy atom. The summed E-state index contributed by atoms with van der Waals surface area (Å²) < 4.78 is 5.54. The Morgan fingerprint density at radius 2 is 2.04 bits per heavy atom. The molecule has 1 amide bonds. The Hall–Kier alpha value is -2.96. The molecule has 1 fully saturated rings. The number of hydrogen-bond acceptors (Lipinski definition) is 5. The summed E-state index contributed by atoms with van der Waals surface area (Å²) in [5.74, 6) is -1.41. The molecule has 1 heterocycles. The van der Waals surface area contributed by atoms with Crippen LogP contribution in [0.15, 0.2) is 42.9 Å². The van der Waals surface area contributed by atoms with Crippen molar-refractivity contribution in [2.24, 2.45) is 11.8 Å². The Kier molecular flexibility index (Phi) is 4.18. The van der Waals surface area contributed by atoms with Crippen LogP contribution in [0.3, 0.4) is 0 Å². The molecule has 7 nitrogen and oxygen atoms in total. The molecule has 0 saturated heterocycles. The van der Waals surface area contributed by atoms with Crippen molar-refractivity contribution in [3.8, 4) is 11.6 Å². The van der Waals surface area contributed by atoms with E-state index < -0.39 is 17.8 Å². The second-order valence-corrected chi connectivity index (χ2v) is 5.29. The first kappa shape index (κ1) is 15.0. The van der Waals surface area contributed by atoms with Crippen LogP contribution in [0.25, 0.3) is 0 Å². The summed E-state index contributed by atoms with van der Waals surface area (Å²) in [6.07, 6.45) is 5.68. The largest absolute Gasteiger partial charge is 0.481 e. The molecule has 7 heteroatoms. The van der Waals surface area contributed by atoms with Crippen molar-refractivity contribution in [2.45, 2.75) is 12.8 Å². The first-order valence-electron chi connectivity index (χ1n) is 7.21. The summed E-state index contributed by atoms with van der Waals surface area (Å²) in [6.45, 7) is 0. The number of benzene rings is 1. The number of ether oxygens (including phenoxy) is 1. The van der Waals surface area contributed by atoms with Crippen molar-refractivity contribution >= 4 is 17.6 Å². The van der Waals surface area contributed by atoms with Gasteiger partial charge in [0.1, 0.15) is 5.75 Å². The monoisotopic (exact) mass is 313 g/mol. The third-order valence-electron chi connectivity index (χ3n) is 3.79. The van der Waals surface area contributed by atoms with Crippen molar-refractivity contribution in [1.29, 1.82) is 0 Å². The maximum Gasteiger partial charge on any atom is 0.307 e. The van der Waals surface area contributed by atoms with E-state index in [-0.39, 0.29) is 5.91 Å². The SMILES string of the molecule is O=C(O)C1CCC1C(=O)Nc1cccc(Oc2cnccn2)c1. The van der Waals surface area contributed by atoms with Gasteiger partial charge in [-0.1, -0.05) is 6.07 Å². The number of hydrogen-bond donors (Lipinski definition) is 2. The van der Waals surface area contributed by atoms with Crippen LogP contribution in [0.4, 0.5) is 5.69 Å². The molecule has 2 aromatic rings. The van der Waals surface area contributed by atoms with Gasteiger partial charge in [-0.05, 0) is 25.0 Å². The minimum absolute atomic E-state index is 0.277. The van der Waals surface area contributed by atoms with Gasteiger partial charge < -0.3 is 15.2 Å².